The third-order valence-corrected chi connectivity index (χ3v) is 4.08. The fourth-order valence-corrected chi connectivity index (χ4v) is 3.09. The number of hydrogen-bond donors (Lipinski definition) is 0. The maximum Gasteiger partial charge on any atom is -0.00930 e. The minimum Gasteiger partial charge on any atom is -0.0622 e. The predicted octanol–water partition coefficient (Wildman–Crippen LogP) is 5.56. The number of hydrogen-bond acceptors (Lipinski definition) is 0. The van der Waals surface area contributed by atoms with E-state index >= 15 is 0 Å². The van der Waals surface area contributed by atoms with Gasteiger partial charge in [-0.15, -0.1) is 0 Å². The molecule has 0 heterocycles. The van der Waals surface area contributed by atoms with Crippen LogP contribution in [0.4, 0.5) is 0 Å². The average molecular weight is 268 g/mol. The molecule has 0 saturated carbocycles. The first kappa shape index (κ1) is 12.2. The van der Waals surface area contributed by atoms with E-state index in [2.05, 4.69) is 85.8 Å². The molecule has 0 unspecified atom stereocenters. The van der Waals surface area contributed by atoms with Crippen LogP contribution >= 0.6 is 0 Å². The summed E-state index contributed by atoms with van der Waals surface area (Å²) < 4.78 is 0. The van der Waals surface area contributed by atoms with Crippen molar-refractivity contribution >= 4 is 11.6 Å². The molecule has 0 nitrogen and oxygen atoms in total. The summed E-state index contributed by atoms with van der Waals surface area (Å²) in [5.74, 6) is 0. The Morgan fingerprint density at radius 1 is 0.619 bits per heavy atom. The molecule has 0 spiro atoms. The summed E-state index contributed by atoms with van der Waals surface area (Å²) >= 11 is 0. The van der Waals surface area contributed by atoms with Gasteiger partial charge >= 0.3 is 0 Å². The summed E-state index contributed by atoms with van der Waals surface area (Å²) in [7, 11) is 0. The monoisotopic (exact) mass is 268 g/mol. The minimum absolute atomic E-state index is 1.25. The molecule has 0 amide bonds. The highest BCUT2D eigenvalue weighted by Gasteiger charge is 2.22. The van der Waals surface area contributed by atoms with Crippen molar-refractivity contribution in [3.05, 3.63) is 95.1 Å². The first-order valence-electron chi connectivity index (χ1n) is 7.30. The van der Waals surface area contributed by atoms with Crippen molar-refractivity contribution in [2.24, 2.45) is 0 Å². The van der Waals surface area contributed by atoms with E-state index in [0.717, 1.165) is 0 Å². The van der Waals surface area contributed by atoms with Crippen LogP contribution in [0.1, 0.15) is 22.3 Å². The van der Waals surface area contributed by atoms with Crippen LogP contribution in [0.3, 0.4) is 0 Å². The molecule has 0 radical (unpaired) electrons. The van der Waals surface area contributed by atoms with Crippen molar-refractivity contribution in [3.63, 3.8) is 0 Å². The van der Waals surface area contributed by atoms with Crippen LogP contribution in [-0.4, -0.2) is 0 Å². The van der Waals surface area contributed by atoms with Gasteiger partial charge in [0, 0.05) is 0 Å². The fraction of sp³-hybridized carbons (Fsp3) is 0.0476. The molecule has 0 N–H and O–H groups in total. The van der Waals surface area contributed by atoms with Crippen LogP contribution in [0.2, 0.25) is 0 Å². The Morgan fingerprint density at radius 2 is 1.29 bits per heavy atom. The lowest BCUT2D eigenvalue weighted by Gasteiger charge is -2.03. The number of benzene rings is 3. The minimum atomic E-state index is 1.25. The molecule has 0 aliphatic heterocycles. The maximum absolute atomic E-state index is 2.29. The van der Waals surface area contributed by atoms with E-state index in [1.54, 1.807) is 0 Å². The number of aryl methyl sites for hydroxylation is 1. The van der Waals surface area contributed by atoms with Crippen LogP contribution in [0.15, 0.2) is 72.8 Å². The molecular weight excluding hydrogens is 252 g/mol. The van der Waals surface area contributed by atoms with Crippen molar-refractivity contribution in [1.82, 2.24) is 0 Å². The lowest BCUT2D eigenvalue weighted by atomic mass is 10.0. The van der Waals surface area contributed by atoms with Gasteiger partial charge in [0.05, 0.1) is 0 Å². The SMILES string of the molecule is Cc1ccc2c(c1)-c1ccccc1/C2=C\c1ccccc1. The highest BCUT2D eigenvalue weighted by molar-refractivity contribution is 6.06. The van der Waals surface area contributed by atoms with E-state index in [4.69, 9.17) is 0 Å². The molecule has 100 valence electrons. The molecule has 21 heavy (non-hydrogen) atoms. The smallest absolute Gasteiger partial charge is 0.00930 e. The second-order valence-electron chi connectivity index (χ2n) is 5.56. The zero-order chi connectivity index (χ0) is 14.2. The normalized spacial score (nSPS) is 14.0. The van der Waals surface area contributed by atoms with Crippen LogP contribution in [0, 0.1) is 6.92 Å². The second kappa shape index (κ2) is 4.75. The molecule has 0 bridgehead atoms. The summed E-state index contributed by atoms with van der Waals surface area (Å²) in [6.45, 7) is 2.15. The van der Waals surface area contributed by atoms with E-state index in [0.29, 0.717) is 0 Å². The van der Waals surface area contributed by atoms with E-state index in [-0.39, 0.29) is 0 Å². The van der Waals surface area contributed by atoms with Gasteiger partial charge in [0.25, 0.3) is 0 Å². The quantitative estimate of drug-likeness (QED) is 0.423. The van der Waals surface area contributed by atoms with Crippen LogP contribution in [0.5, 0.6) is 0 Å². The molecule has 1 aliphatic rings. The predicted molar refractivity (Wildman–Crippen MR) is 90.0 cm³/mol. The molecule has 0 aromatic heterocycles. The van der Waals surface area contributed by atoms with Crippen LogP contribution in [-0.2, 0) is 0 Å². The first-order valence-corrected chi connectivity index (χ1v) is 7.30. The molecule has 3 aromatic carbocycles. The Balaban J connectivity index is 1.99. The van der Waals surface area contributed by atoms with Crippen LogP contribution in [0.25, 0.3) is 22.8 Å². The van der Waals surface area contributed by atoms with Gasteiger partial charge in [-0.2, -0.15) is 0 Å². The zero-order valence-corrected chi connectivity index (χ0v) is 12.0. The van der Waals surface area contributed by atoms with E-state index < -0.39 is 0 Å². The van der Waals surface area contributed by atoms with Crippen molar-refractivity contribution in [2.45, 2.75) is 6.92 Å². The fourth-order valence-electron chi connectivity index (χ4n) is 3.09. The molecule has 0 fully saturated rings. The Kier molecular flexibility index (Phi) is 2.75. The van der Waals surface area contributed by atoms with Gasteiger partial charge in [0.1, 0.15) is 0 Å². The first-order chi connectivity index (χ1) is 10.3. The molecule has 1 aliphatic carbocycles. The summed E-state index contributed by atoms with van der Waals surface area (Å²) in [5.41, 5.74) is 9.26. The summed E-state index contributed by atoms with van der Waals surface area (Å²) in [5, 5.41) is 0. The third-order valence-electron chi connectivity index (χ3n) is 4.08. The van der Waals surface area contributed by atoms with Gasteiger partial charge in [-0.25, -0.2) is 0 Å². The van der Waals surface area contributed by atoms with Gasteiger partial charge in [-0.1, -0.05) is 78.4 Å². The van der Waals surface area contributed by atoms with Crippen molar-refractivity contribution in [3.8, 4) is 11.1 Å². The van der Waals surface area contributed by atoms with Crippen LogP contribution < -0.4 is 0 Å². The Labute approximate surface area is 125 Å². The summed E-state index contributed by atoms with van der Waals surface area (Å²) in [6, 6.07) is 26.0. The molecule has 0 saturated heterocycles. The number of fused-ring (bicyclic) bond motifs is 3. The summed E-state index contributed by atoms with van der Waals surface area (Å²) in [4.78, 5) is 0. The molecular formula is C21H16. The largest absolute Gasteiger partial charge is 0.0622 e. The molecule has 0 atom stereocenters. The highest BCUT2D eigenvalue weighted by Crippen LogP contribution is 2.45. The third kappa shape index (κ3) is 2.00. The lowest BCUT2D eigenvalue weighted by molar-refractivity contribution is 1.47. The van der Waals surface area contributed by atoms with Gasteiger partial charge in [-0.05, 0) is 46.4 Å². The van der Waals surface area contributed by atoms with Gasteiger partial charge < -0.3 is 0 Å². The van der Waals surface area contributed by atoms with E-state index in [9.17, 15) is 0 Å². The Hall–Kier alpha value is -2.60. The standard InChI is InChI=1S/C21H16/c1-15-11-12-19-20(13-15)17-9-5-6-10-18(17)21(19)14-16-7-3-2-4-8-16/h2-14H,1H3/b21-14+. The second-order valence-corrected chi connectivity index (χ2v) is 5.56. The van der Waals surface area contributed by atoms with E-state index in [1.807, 2.05) is 0 Å². The molecule has 3 aromatic rings. The van der Waals surface area contributed by atoms with Gasteiger partial charge in [0.15, 0.2) is 0 Å². The number of rotatable bonds is 1. The van der Waals surface area contributed by atoms with Crippen molar-refractivity contribution in [1.29, 1.82) is 0 Å². The van der Waals surface area contributed by atoms with Gasteiger partial charge in [0.2, 0.25) is 0 Å². The zero-order valence-electron chi connectivity index (χ0n) is 12.0. The van der Waals surface area contributed by atoms with Gasteiger partial charge in [-0.3, -0.25) is 0 Å². The molecule has 0 heteroatoms. The topological polar surface area (TPSA) is 0 Å². The van der Waals surface area contributed by atoms with Crippen molar-refractivity contribution < 1.29 is 0 Å². The Morgan fingerprint density at radius 3 is 2.10 bits per heavy atom. The lowest BCUT2D eigenvalue weighted by Crippen LogP contribution is -1.82. The Bertz CT molecular complexity index is 839. The van der Waals surface area contributed by atoms with E-state index in [1.165, 1.54) is 39.0 Å². The highest BCUT2D eigenvalue weighted by atomic mass is 14.3. The average Bonchev–Trinajstić information content (AvgIpc) is 2.82. The maximum atomic E-state index is 2.29. The summed E-state index contributed by atoms with van der Waals surface area (Å²) in [6.07, 6.45) is 2.29. The molecule has 4 rings (SSSR count). The van der Waals surface area contributed by atoms with Crippen molar-refractivity contribution in [2.75, 3.05) is 0 Å².